The molecule has 0 aliphatic carbocycles. The molecule has 0 bridgehead atoms. The Morgan fingerprint density at radius 2 is 2.11 bits per heavy atom. The van der Waals surface area contributed by atoms with E-state index in [1.54, 1.807) is 12.1 Å². The van der Waals surface area contributed by atoms with Crippen LogP contribution in [-0.2, 0) is 17.9 Å². The molecule has 4 rings (SSSR count). The number of nitrogens with zero attached hydrogens (tertiary/aromatic N) is 1. The highest BCUT2D eigenvalue weighted by Gasteiger charge is 2.26. The average Bonchev–Trinajstić information content (AvgIpc) is 3.17. The van der Waals surface area contributed by atoms with Crippen LogP contribution in [0.4, 0.5) is 4.39 Å². The van der Waals surface area contributed by atoms with Crippen molar-refractivity contribution in [1.82, 2.24) is 10.2 Å². The number of amides is 1. The van der Waals surface area contributed by atoms with Crippen molar-refractivity contribution in [2.24, 2.45) is 5.92 Å². The molecule has 2 heterocycles. The Kier molecular flexibility index (Phi) is 5.69. The molecule has 1 amide bonds. The van der Waals surface area contributed by atoms with Gasteiger partial charge in [0.15, 0.2) is 11.5 Å². The zero-order chi connectivity index (χ0) is 19.5. The van der Waals surface area contributed by atoms with Crippen LogP contribution in [0.15, 0.2) is 36.4 Å². The SMILES string of the molecule is O=C(NCc1ccc2c(c1)OCO2)C1CCCN(Cc2c(F)cccc2Cl)C1. The van der Waals surface area contributed by atoms with Gasteiger partial charge in [-0.3, -0.25) is 9.69 Å². The van der Waals surface area contributed by atoms with Crippen LogP contribution < -0.4 is 14.8 Å². The topological polar surface area (TPSA) is 50.8 Å². The zero-order valence-corrected chi connectivity index (χ0v) is 16.2. The van der Waals surface area contributed by atoms with Crippen molar-refractivity contribution in [2.75, 3.05) is 19.9 Å². The van der Waals surface area contributed by atoms with Gasteiger partial charge in [-0.15, -0.1) is 0 Å². The van der Waals surface area contributed by atoms with Crippen LogP contribution in [0.2, 0.25) is 5.02 Å². The van der Waals surface area contributed by atoms with Crippen molar-refractivity contribution in [1.29, 1.82) is 0 Å². The summed E-state index contributed by atoms with van der Waals surface area (Å²) in [7, 11) is 0. The summed E-state index contributed by atoms with van der Waals surface area (Å²) >= 11 is 6.14. The van der Waals surface area contributed by atoms with Crippen LogP contribution in [0, 0.1) is 11.7 Å². The first kappa shape index (κ1) is 19.0. The molecule has 1 unspecified atom stereocenters. The van der Waals surface area contributed by atoms with E-state index in [1.165, 1.54) is 6.07 Å². The minimum atomic E-state index is -0.304. The largest absolute Gasteiger partial charge is 0.454 e. The maximum atomic E-state index is 14.1. The zero-order valence-electron chi connectivity index (χ0n) is 15.4. The lowest BCUT2D eigenvalue weighted by molar-refractivity contribution is -0.126. The summed E-state index contributed by atoms with van der Waals surface area (Å²) in [5.41, 5.74) is 1.45. The molecular weight excluding hydrogens is 383 g/mol. The van der Waals surface area contributed by atoms with Crippen LogP contribution in [0.1, 0.15) is 24.0 Å². The van der Waals surface area contributed by atoms with Gasteiger partial charge >= 0.3 is 0 Å². The predicted octanol–water partition coefficient (Wildman–Crippen LogP) is 3.74. The molecule has 1 fully saturated rings. The first-order valence-corrected chi connectivity index (χ1v) is 9.79. The minimum Gasteiger partial charge on any atom is -0.454 e. The summed E-state index contributed by atoms with van der Waals surface area (Å²) in [5, 5.41) is 3.43. The van der Waals surface area contributed by atoms with Crippen molar-refractivity contribution >= 4 is 17.5 Å². The molecule has 5 nitrogen and oxygen atoms in total. The van der Waals surface area contributed by atoms with E-state index in [2.05, 4.69) is 10.2 Å². The quantitative estimate of drug-likeness (QED) is 0.824. The summed E-state index contributed by atoms with van der Waals surface area (Å²) < 4.78 is 24.7. The van der Waals surface area contributed by atoms with Crippen LogP contribution in [-0.4, -0.2) is 30.7 Å². The number of piperidine rings is 1. The number of rotatable bonds is 5. The molecular formula is C21H22ClFN2O3. The highest BCUT2D eigenvalue weighted by Crippen LogP contribution is 2.32. The van der Waals surface area contributed by atoms with Gasteiger partial charge in [-0.25, -0.2) is 4.39 Å². The molecule has 0 aromatic heterocycles. The number of carbonyl (C=O) groups excluding carboxylic acids is 1. The maximum absolute atomic E-state index is 14.1. The molecule has 1 N–H and O–H groups in total. The Balaban J connectivity index is 1.33. The fourth-order valence-electron chi connectivity index (χ4n) is 3.70. The first-order chi connectivity index (χ1) is 13.6. The first-order valence-electron chi connectivity index (χ1n) is 9.41. The molecule has 2 aromatic carbocycles. The number of benzene rings is 2. The number of ether oxygens (including phenoxy) is 2. The van der Waals surface area contributed by atoms with Crippen molar-refractivity contribution in [3.63, 3.8) is 0 Å². The van der Waals surface area contributed by atoms with Crippen molar-refractivity contribution in [3.8, 4) is 11.5 Å². The minimum absolute atomic E-state index is 0.0157. The van der Waals surface area contributed by atoms with Gasteiger partial charge in [-0.1, -0.05) is 23.7 Å². The summed E-state index contributed by atoms with van der Waals surface area (Å²) in [5.74, 6) is 1.03. The fourth-order valence-corrected chi connectivity index (χ4v) is 3.93. The molecule has 7 heteroatoms. The number of halogens is 2. The van der Waals surface area contributed by atoms with Crippen LogP contribution >= 0.6 is 11.6 Å². The number of carbonyl (C=O) groups is 1. The Morgan fingerprint density at radius 3 is 2.96 bits per heavy atom. The molecule has 2 aliphatic rings. The second kappa shape index (κ2) is 8.37. The normalized spacial score (nSPS) is 18.9. The second-order valence-corrected chi connectivity index (χ2v) is 7.59. The highest BCUT2D eigenvalue weighted by molar-refractivity contribution is 6.31. The molecule has 2 aliphatic heterocycles. The summed E-state index contributed by atoms with van der Waals surface area (Å²) in [6, 6.07) is 10.4. The number of hydrogen-bond acceptors (Lipinski definition) is 4. The number of fused-ring (bicyclic) bond motifs is 1. The Labute approximate surface area is 168 Å². The molecule has 1 atom stereocenters. The Morgan fingerprint density at radius 1 is 1.25 bits per heavy atom. The predicted molar refractivity (Wildman–Crippen MR) is 104 cm³/mol. The van der Waals surface area contributed by atoms with Crippen molar-refractivity contribution in [2.45, 2.75) is 25.9 Å². The van der Waals surface area contributed by atoms with Gasteiger partial charge in [0.1, 0.15) is 5.82 Å². The number of nitrogens with one attached hydrogen (secondary N) is 1. The Hall–Kier alpha value is -2.31. The van der Waals surface area contributed by atoms with Crippen LogP contribution in [0.5, 0.6) is 11.5 Å². The van der Waals surface area contributed by atoms with Gasteiger partial charge in [0.2, 0.25) is 12.7 Å². The number of hydrogen-bond donors (Lipinski definition) is 1. The van der Waals surface area contributed by atoms with E-state index in [9.17, 15) is 9.18 Å². The lowest BCUT2D eigenvalue weighted by atomic mass is 9.96. The highest BCUT2D eigenvalue weighted by atomic mass is 35.5. The summed E-state index contributed by atoms with van der Waals surface area (Å²) in [4.78, 5) is 14.7. The molecule has 2 aromatic rings. The van der Waals surface area contributed by atoms with E-state index >= 15 is 0 Å². The lowest BCUT2D eigenvalue weighted by Crippen LogP contribution is -2.42. The third-order valence-electron chi connectivity index (χ3n) is 5.22. The molecule has 148 valence electrons. The van der Waals surface area contributed by atoms with Crippen molar-refractivity contribution in [3.05, 3.63) is 58.4 Å². The van der Waals surface area contributed by atoms with Crippen LogP contribution in [0.25, 0.3) is 0 Å². The van der Waals surface area contributed by atoms with E-state index in [4.69, 9.17) is 21.1 Å². The standard InChI is InChI=1S/C21H22ClFN2O3/c22-17-4-1-5-18(23)16(17)12-25-8-2-3-15(11-25)21(26)24-10-14-6-7-19-20(9-14)28-13-27-19/h1,4-7,9,15H,2-3,8,10-13H2,(H,24,26). The fraction of sp³-hybridized carbons (Fsp3) is 0.381. The molecule has 1 saturated heterocycles. The van der Waals surface area contributed by atoms with Gasteiger partial charge in [-0.05, 0) is 49.2 Å². The van der Waals surface area contributed by atoms with E-state index in [0.717, 1.165) is 30.7 Å². The molecule has 0 radical (unpaired) electrons. The van der Waals surface area contributed by atoms with Gasteiger partial charge in [0.05, 0.1) is 5.92 Å². The summed E-state index contributed by atoms with van der Waals surface area (Å²) in [6.45, 7) is 2.51. The third-order valence-corrected chi connectivity index (χ3v) is 5.58. The summed E-state index contributed by atoms with van der Waals surface area (Å²) in [6.07, 6.45) is 1.72. The third kappa shape index (κ3) is 4.23. The van der Waals surface area contributed by atoms with E-state index in [0.29, 0.717) is 36.0 Å². The van der Waals surface area contributed by atoms with Crippen LogP contribution in [0.3, 0.4) is 0 Å². The van der Waals surface area contributed by atoms with E-state index in [1.807, 2.05) is 18.2 Å². The maximum Gasteiger partial charge on any atom is 0.231 e. The molecule has 28 heavy (non-hydrogen) atoms. The van der Waals surface area contributed by atoms with Gasteiger partial charge in [0.25, 0.3) is 0 Å². The Bertz CT molecular complexity index is 856. The van der Waals surface area contributed by atoms with Gasteiger partial charge < -0.3 is 14.8 Å². The average molecular weight is 405 g/mol. The number of likely N-dealkylation sites (tertiary alicyclic amines) is 1. The van der Waals surface area contributed by atoms with E-state index < -0.39 is 0 Å². The molecule has 0 spiro atoms. The smallest absolute Gasteiger partial charge is 0.231 e. The molecule has 0 saturated carbocycles. The second-order valence-electron chi connectivity index (χ2n) is 7.18. The lowest BCUT2D eigenvalue weighted by Gasteiger charge is -2.32. The van der Waals surface area contributed by atoms with Crippen molar-refractivity contribution < 1.29 is 18.7 Å². The van der Waals surface area contributed by atoms with E-state index in [-0.39, 0.29) is 24.4 Å². The van der Waals surface area contributed by atoms with Gasteiger partial charge in [0, 0.05) is 30.2 Å². The monoisotopic (exact) mass is 404 g/mol. The van der Waals surface area contributed by atoms with Gasteiger partial charge in [-0.2, -0.15) is 0 Å².